The summed E-state index contributed by atoms with van der Waals surface area (Å²) >= 11 is 5.97. The van der Waals surface area contributed by atoms with Crippen molar-refractivity contribution in [1.82, 2.24) is 0 Å². The normalized spacial score (nSPS) is 37.7. The topological polar surface area (TPSA) is 26.0 Å². The molecule has 2 unspecified atom stereocenters. The molecule has 0 aliphatic heterocycles. The standard InChI is InChI=1S/C13H16ClN/c14-10-4-1-3-9(7-10)8-13(15)11-5-2-6-12(11)13/h1,3-4,7,11-12H,2,5-6,8,15H2. The second kappa shape index (κ2) is 3.23. The van der Waals surface area contributed by atoms with E-state index in [1.54, 1.807) is 0 Å². The van der Waals surface area contributed by atoms with E-state index in [0.717, 1.165) is 23.3 Å². The van der Waals surface area contributed by atoms with Crippen LogP contribution in [0.2, 0.25) is 5.02 Å². The van der Waals surface area contributed by atoms with Gasteiger partial charge in [0.15, 0.2) is 0 Å². The van der Waals surface area contributed by atoms with Gasteiger partial charge in [0.25, 0.3) is 0 Å². The molecule has 0 radical (unpaired) electrons. The van der Waals surface area contributed by atoms with Crippen LogP contribution in [-0.2, 0) is 6.42 Å². The Kier molecular flexibility index (Phi) is 2.08. The van der Waals surface area contributed by atoms with Crippen molar-refractivity contribution in [2.24, 2.45) is 17.6 Å². The van der Waals surface area contributed by atoms with Gasteiger partial charge in [-0.05, 0) is 48.8 Å². The Labute approximate surface area is 95.6 Å². The summed E-state index contributed by atoms with van der Waals surface area (Å²) in [5, 5.41) is 0.821. The molecule has 0 spiro atoms. The average molecular weight is 222 g/mol. The molecule has 0 heterocycles. The van der Waals surface area contributed by atoms with Crippen molar-refractivity contribution in [3.63, 3.8) is 0 Å². The first-order chi connectivity index (χ1) is 7.20. The SMILES string of the molecule is NC1(Cc2cccc(Cl)c2)C2CCCC21. The van der Waals surface area contributed by atoms with E-state index in [9.17, 15) is 0 Å². The van der Waals surface area contributed by atoms with Crippen LogP contribution in [0.25, 0.3) is 0 Å². The molecule has 0 bridgehead atoms. The zero-order chi connectivity index (χ0) is 10.5. The molecule has 3 rings (SSSR count). The lowest BCUT2D eigenvalue weighted by Gasteiger charge is -2.15. The van der Waals surface area contributed by atoms with Crippen molar-refractivity contribution < 1.29 is 0 Å². The molecule has 0 amide bonds. The zero-order valence-electron chi connectivity index (χ0n) is 8.75. The summed E-state index contributed by atoms with van der Waals surface area (Å²) in [5.74, 6) is 1.58. The van der Waals surface area contributed by atoms with Crippen LogP contribution in [0.5, 0.6) is 0 Å². The molecule has 2 aliphatic rings. The summed E-state index contributed by atoms with van der Waals surface area (Å²) in [6.45, 7) is 0. The summed E-state index contributed by atoms with van der Waals surface area (Å²) in [5.41, 5.74) is 7.83. The van der Waals surface area contributed by atoms with Crippen molar-refractivity contribution in [3.8, 4) is 0 Å². The Balaban J connectivity index is 1.76. The van der Waals surface area contributed by atoms with Crippen LogP contribution in [0.3, 0.4) is 0 Å². The smallest absolute Gasteiger partial charge is 0.0408 e. The lowest BCUT2D eigenvalue weighted by atomic mass is 9.97. The molecule has 2 fully saturated rings. The van der Waals surface area contributed by atoms with Gasteiger partial charge in [-0.15, -0.1) is 0 Å². The number of benzene rings is 1. The molecular weight excluding hydrogens is 206 g/mol. The molecular formula is C13H16ClN. The number of rotatable bonds is 2. The molecule has 2 aliphatic carbocycles. The van der Waals surface area contributed by atoms with E-state index >= 15 is 0 Å². The van der Waals surface area contributed by atoms with Gasteiger partial charge in [0.05, 0.1) is 0 Å². The van der Waals surface area contributed by atoms with E-state index in [1.165, 1.54) is 24.8 Å². The second-order valence-corrected chi connectivity index (χ2v) is 5.50. The largest absolute Gasteiger partial charge is 0.324 e. The maximum Gasteiger partial charge on any atom is 0.0408 e. The fourth-order valence-corrected chi connectivity index (χ4v) is 3.60. The van der Waals surface area contributed by atoms with Crippen molar-refractivity contribution in [2.75, 3.05) is 0 Å². The minimum atomic E-state index is 0.100. The quantitative estimate of drug-likeness (QED) is 0.817. The number of hydrogen-bond donors (Lipinski definition) is 1. The predicted octanol–water partition coefficient (Wildman–Crippen LogP) is 3.01. The van der Waals surface area contributed by atoms with Crippen molar-refractivity contribution in [3.05, 3.63) is 34.9 Å². The molecule has 1 aromatic carbocycles. The van der Waals surface area contributed by atoms with Crippen LogP contribution in [0.4, 0.5) is 0 Å². The molecule has 2 heteroatoms. The van der Waals surface area contributed by atoms with E-state index in [1.807, 2.05) is 18.2 Å². The third-order valence-electron chi connectivity index (χ3n) is 4.19. The van der Waals surface area contributed by atoms with E-state index in [4.69, 9.17) is 17.3 Å². The molecule has 15 heavy (non-hydrogen) atoms. The lowest BCUT2D eigenvalue weighted by molar-refractivity contribution is 0.501. The minimum absolute atomic E-state index is 0.100. The van der Waals surface area contributed by atoms with Crippen LogP contribution < -0.4 is 5.73 Å². The van der Waals surface area contributed by atoms with E-state index in [-0.39, 0.29) is 5.54 Å². The summed E-state index contributed by atoms with van der Waals surface area (Å²) < 4.78 is 0. The molecule has 2 N–H and O–H groups in total. The Morgan fingerprint density at radius 1 is 1.33 bits per heavy atom. The fourth-order valence-electron chi connectivity index (χ4n) is 3.39. The molecule has 0 saturated heterocycles. The van der Waals surface area contributed by atoms with Gasteiger partial charge in [0.1, 0.15) is 0 Å². The Bertz CT molecular complexity index is 378. The highest BCUT2D eigenvalue weighted by Crippen LogP contribution is 2.60. The molecule has 1 nitrogen and oxygen atoms in total. The monoisotopic (exact) mass is 221 g/mol. The Morgan fingerprint density at radius 2 is 2.07 bits per heavy atom. The van der Waals surface area contributed by atoms with Crippen LogP contribution in [-0.4, -0.2) is 5.54 Å². The van der Waals surface area contributed by atoms with Gasteiger partial charge in [-0.1, -0.05) is 30.2 Å². The van der Waals surface area contributed by atoms with Gasteiger partial charge in [-0.3, -0.25) is 0 Å². The maximum atomic E-state index is 6.44. The van der Waals surface area contributed by atoms with Crippen LogP contribution in [0.1, 0.15) is 24.8 Å². The number of hydrogen-bond acceptors (Lipinski definition) is 1. The molecule has 1 aromatic rings. The number of fused-ring (bicyclic) bond motifs is 1. The summed E-state index contributed by atoms with van der Waals surface area (Å²) in [6.07, 6.45) is 5.05. The predicted molar refractivity (Wildman–Crippen MR) is 62.9 cm³/mol. The fraction of sp³-hybridized carbons (Fsp3) is 0.538. The molecule has 2 saturated carbocycles. The van der Waals surface area contributed by atoms with Crippen LogP contribution in [0.15, 0.2) is 24.3 Å². The third-order valence-corrected chi connectivity index (χ3v) is 4.42. The van der Waals surface area contributed by atoms with Crippen molar-refractivity contribution in [2.45, 2.75) is 31.2 Å². The molecule has 0 aromatic heterocycles. The van der Waals surface area contributed by atoms with Gasteiger partial charge >= 0.3 is 0 Å². The van der Waals surface area contributed by atoms with Crippen LogP contribution in [0, 0.1) is 11.8 Å². The molecule has 2 atom stereocenters. The second-order valence-electron chi connectivity index (χ2n) is 5.06. The summed E-state index contributed by atoms with van der Waals surface area (Å²) in [4.78, 5) is 0. The van der Waals surface area contributed by atoms with E-state index in [2.05, 4.69) is 6.07 Å². The maximum absolute atomic E-state index is 6.44. The zero-order valence-corrected chi connectivity index (χ0v) is 9.50. The highest BCUT2D eigenvalue weighted by atomic mass is 35.5. The Hall–Kier alpha value is -0.530. The first kappa shape index (κ1) is 9.68. The average Bonchev–Trinajstić information content (AvgIpc) is 2.63. The number of nitrogens with two attached hydrogens (primary N) is 1. The third kappa shape index (κ3) is 1.49. The van der Waals surface area contributed by atoms with Gasteiger partial charge in [-0.25, -0.2) is 0 Å². The summed E-state index contributed by atoms with van der Waals surface area (Å²) in [6, 6.07) is 8.11. The van der Waals surface area contributed by atoms with Gasteiger partial charge < -0.3 is 5.73 Å². The summed E-state index contributed by atoms with van der Waals surface area (Å²) in [7, 11) is 0. The Morgan fingerprint density at radius 3 is 2.73 bits per heavy atom. The highest BCUT2D eigenvalue weighted by molar-refractivity contribution is 6.30. The van der Waals surface area contributed by atoms with Gasteiger partial charge in [0, 0.05) is 10.6 Å². The number of halogens is 1. The first-order valence-electron chi connectivity index (χ1n) is 5.73. The van der Waals surface area contributed by atoms with Crippen molar-refractivity contribution >= 4 is 11.6 Å². The van der Waals surface area contributed by atoms with Crippen LogP contribution >= 0.6 is 11.6 Å². The molecule has 80 valence electrons. The van der Waals surface area contributed by atoms with Gasteiger partial charge in [0.2, 0.25) is 0 Å². The lowest BCUT2D eigenvalue weighted by Crippen LogP contribution is -2.31. The van der Waals surface area contributed by atoms with E-state index in [0.29, 0.717) is 0 Å². The van der Waals surface area contributed by atoms with Crippen molar-refractivity contribution in [1.29, 1.82) is 0 Å². The highest BCUT2D eigenvalue weighted by Gasteiger charge is 2.62. The van der Waals surface area contributed by atoms with Gasteiger partial charge in [-0.2, -0.15) is 0 Å². The van der Waals surface area contributed by atoms with E-state index < -0.39 is 0 Å². The first-order valence-corrected chi connectivity index (χ1v) is 6.11. The minimum Gasteiger partial charge on any atom is -0.324 e.